The molecule has 0 aromatic heterocycles. The number of amides is 1. The molecule has 1 aromatic rings. The van der Waals surface area contributed by atoms with Crippen LogP contribution < -0.4 is 5.32 Å². The normalized spacial score (nSPS) is 10.0. The molecule has 0 unspecified atom stereocenters. The lowest BCUT2D eigenvalue weighted by molar-refractivity contribution is -0.129. The van der Waals surface area contributed by atoms with Gasteiger partial charge in [-0.1, -0.05) is 18.2 Å². The molecule has 0 aliphatic rings. The molecule has 0 bridgehead atoms. The molecule has 0 fully saturated rings. The second-order valence-corrected chi connectivity index (χ2v) is 3.80. The Morgan fingerprint density at radius 2 is 2.35 bits per heavy atom. The first-order chi connectivity index (χ1) is 8.13. The van der Waals surface area contributed by atoms with Crippen molar-refractivity contribution in [3.05, 3.63) is 48.3 Å². The summed E-state index contributed by atoms with van der Waals surface area (Å²) in [5.74, 6) is -0.316. The number of carbonyl (C=O) groups is 1. The third-order valence-corrected chi connectivity index (χ3v) is 2.30. The molecule has 0 radical (unpaired) electrons. The van der Waals surface area contributed by atoms with Crippen molar-refractivity contribution in [3.63, 3.8) is 0 Å². The maximum Gasteiger partial charge on any atom is 0.236 e. The highest BCUT2D eigenvalue weighted by Crippen LogP contribution is 2.06. The van der Waals surface area contributed by atoms with Crippen LogP contribution in [0.4, 0.5) is 4.39 Å². The van der Waals surface area contributed by atoms with Crippen LogP contribution in [0, 0.1) is 5.82 Å². The Hall–Kier alpha value is -1.68. The summed E-state index contributed by atoms with van der Waals surface area (Å²) in [4.78, 5) is 13.2. The molecule has 1 aromatic carbocycles. The monoisotopic (exact) mass is 236 g/mol. The number of hydrogen-bond donors (Lipinski definition) is 1. The Labute approximate surface area is 101 Å². The average Bonchev–Trinajstić information content (AvgIpc) is 2.29. The molecular weight excluding hydrogens is 219 g/mol. The fraction of sp³-hybridized carbons (Fsp3) is 0.308. The summed E-state index contributed by atoms with van der Waals surface area (Å²) in [6.45, 7) is 4.82. The highest BCUT2D eigenvalue weighted by Gasteiger charge is 2.08. The summed E-state index contributed by atoms with van der Waals surface area (Å²) >= 11 is 0. The zero-order chi connectivity index (χ0) is 12.7. The molecule has 0 saturated heterocycles. The van der Waals surface area contributed by atoms with Gasteiger partial charge in [0.1, 0.15) is 5.82 Å². The van der Waals surface area contributed by atoms with Gasteiger partial charge in [-0.3, -0.25) is 4.79 Å². The van der Waals surface area contributed by atoms with Crippen LogP contribution in [0.15, 0.2) is 36.9 Å². The van der Waals surface area contributed by atoms with Crippen LogP contribution in [0.2, 0.25) is 0 Å². The number of rotatable bonds is 6. The van der Waals surface area contributed by atoms with E-state index in [1.807, 2.05) is 0 Å². The van der Waals surface area contributed by atoms with Crippen LogP contribution in [-0.4, -0.2) is 30.9 Å². The van der Waals surface area contributed by atoms with Gasteiger partial charge in [0.2, 0.25) is 5.91 Å². The van der Waals surface area contributed by atoms with E-state index in [-0.39, 0.29) is 18.3 Å². The van der Waals surface area contributed by atoms with Crippen LogP contribution in [0.1, 0.15) is 5.56 Å². The number of carbonyl (C=O) groups excluding carboxylic acids is 1. The minimum absolute atomic E-state index is 0.0314. The number of halogens is 1. The van der Waals surface area contributed by atoms with Gasteiger partial charge >= 0.3 is 0 Å². The Kier molecular flexibility index (Phi) is 5.36. The Balaban J connectivity index is 2.45. The second kappa shape index (κ2) is 6.81. The van der Waals surface area contributed by atoms with Gasteiger partial charge in [-0.2, -0.15) is 0 Å². The number of hydrogen-bond acceptors (Lipinski definition) is 2. The summed E-state index contributed by atoms with van der Waals surface area (Å²) in [5, 5.41) is 2.93. The first-order valence-electron chi connectivity index (χ1n) is 5.43. The quantitative estimate of drug-likeness (QED) is 0.600. The topological polar surface area (TPSA) is 32.3 Å². The number of nitrogens with one attached hydrogen (secondary N) is 1. The lowest BCUT2D eigenvalue weighted by atomic mass is 10.2. The molecule has 0 aliphatic heterocycles. The highest BCUT2D eigenvalue weighted by atomic mass is 19.1. The van der Waals surface area contributed by atoms with E-state index in [2.05, 4.69) is 11.9 Å². The van der Waals surface area contributed by atoms with Gasteiger partial charge in [0.25, 0.3) is 0 Å². The van der Waals surface area contributed by atoms with Gasteiger partial charge in [0, 0.05) is 20.1 Å². The van der Waals surface area contributed by atoms with E-state index >= 15 is 0 Å². The van der Waals surface area contributed by atoms with Gasteiger partial charge in [0.05, 0.1) is 6.54 Å². The molecule has 0 spiro atoms. The third kappa shape index (κ3) is 4.78. The zero-order valence-electron chi connectivity index (χ0n) is 9.95. The van der Waals surface area contributed by atoms with Gasteiger partial charge in [-0.15, -0.1) is 6.58 Å². The van der Waals surface area contributed by atoms with Crippen LogP contribution in [-0.2, 0) is 11.3 Å². The highest BCUT2D eigenvalue weighted by molar-refractivity contribution is 5.77. The fourth-order valence-electron chi connectivity index (χ4n) is 1.41. The van der Waals surface area contributed by atoms with Crippen LogP contribution in [0.25, 0.3) is 0 Å². The summed E-state index contributed by atoms with van der Waals surface area (Å²) < 4.78 is 12.9. The minimum Gasteiger partial charge on any atom is -0.340 e. The smallest absolute Gasteiger partial charge is 0.236 e. The maximum atomic E-state index is 12.9. The lowest BCUT2D eigenvalue weighted by Crippen LogP contribution is -2.35. The number of nitrogens with zero attached hydrogens (tertiary/aromatic N) is 1. The summed E-state index contributed by atoms with van der Waals surface area (Å²) in [5.41, 5.74) is 0.782. The molecule has 0 atom stereocenters. The molecule has 1 N–H and O–H groups in total. The van der Waals surface area contributed by atoms with E-state index in [0.717, 1.165) is 5.56 Å². The van der Waals surface area contributed by atoms with Crippen molar-refractivity contribution in [2.75, 3.05) is 20.1 Å². The van der Waals surface area contributed by atoms with Gasteiger partial charge in [-0.25, -0.2) is 4.39 Å². The van der Waals surface area contributed by atoms with E-state index in [4.69, 9.17) is 0 Å². The van der Waals surface area contributed by atoms with Gasteiger partial charge < -0.3 is 10.2 Å². The van der Waals surface area contributed by atoms with E-state index in [1.54, 1.807) is 30.2 Å². The summed E-state index contributed by atoms with van der Waals surface area (Å²) in [6, 6.07) is 6.25. The first-order valence-corrected chi connectivity index (χ1v) is 5.43. The predicted octanol–water partition coefficient (Wildman–Crippen LogP) is 1.56. The molecule has 0 saturated carbocycles. The van der Waals surface area contributed by atoms with E-state index in [1.165, 1.54) is 12.1 Å². The minimum atomic E-state index is -0.284. The Morgan fingerprint density at radius 3 is 3.00 bits per heavy atom. The molecule has 4 heteroatoms. The molecule has 1 rings (SSSR count). The van der Waals surface area contributed by atoms with Crippen molar-refractivity contribution in [2.45, 2.75) is 6.54 Å². The van der Waals surface area contributed by atoms with Crippen molar-refractivity contribution in [2.24, 2.45) is 0 Å². The third-order valence-electron chi connectivity index (χ3n) is 2.30. The summed E-state index contributed by atoms with van der Waals surface area (Å²) in [7, 11) is 1.70. The SMILES string of the molecule is C=CCNCC(=O)N(C)Cc1cccc(F)c1. The molecule has 0 heterocycles. The summed E-state index contributed by atoms with van der Waals surface area (Å²) in [6.07, 6.45) is 1.69. The molecule has 92 valence electrons. The second-order valence-electron chi connectivity index (χ2n) is 3.80. The van der Waals surface area contributed by atoms with Crippen molar-refractivity contribution < 1.29 is 9.18 Å². The molecular formula is C13H17FN2O. The molecule has 3 nitrogen and oxygen atoms in total. The van der Waals surface area contributed by atoms with Crippen molar-refractivity contribution in [1.29, 1.82) is 0 Å². The van der Waals surface area contributed by atoms with Gasteiger partial charge in [-0.05, 0) is 17.7 Å². The van der Waals surface area contributed by atoms with E-state index < -0.39 is 0 Å². The lowest BCUT2D eigenvalue weighted by Gasteiger charge is -2.17. The Bertz CT molecular complexity index is 393. The molecule has 17 heavy (non-hydrogen) atoms. The predicted molar refractivity (Wildman–Crippen MR) is 65.9 cm³/mol. The van der Waals surface area contributed by atoms with Crippen LogP contribution in [0.5, 0.6) is 0 Å². The maximum absolute atomic E-state index is 12.9. The van der Waals surface area contributed by atoms with Crippen LogP contribution in [0.3, 0.4) is 0 Å². The number of likely N-dealkylation sites (N-methyl/N-ethyl adjacent to an activating group) is 1. The molecule has 0 aliphatic carbocycles. The van der Waals surface area contributed by atoms with Crippen molar-refractivity contribution in [3.8, 4) is 0 Å². The molecule has 1 amide bonds. The Morgan fingerprint density at radius 1 is 1.59 bits per heavy atom. The van der Waals surface area contributed by atoms with E-state index in [9.17, 15) is 9.18 Å². The van der Waals surface area contributed by atoms with Crippen molar-refractivity contribution in [1.82, 2.24) is 10.2 Å². The largest absolute Gasteiger partial charge is 0.340 e. The fourth-order valence-corrected chi connectivity index (χ4v) is 1.41. The van der Waals surface area contributed by atoms with E-state index in [0.29, 0.717) is 13.1 Å². The number of benzene rings is 1. The zero-order valence-corrected chi connectivity index (χ0v) is 9.95. The first kappa shape index (κ1) is 13.4. The van der Waals surface area contributed by atoms with Gasteiger partial charge in [0.15, 0.2) is 0 Å². The standard InChI is InChI=1S/C13H17FN2O/c1-3-7-15-9-13(17)16(2)10-11-5-4-6-12(14)8-11/h3-6,8,15H,1,7,9-10H2,2H3. The van der Waals surface area contributed by atoms with Crippen LogP contribution >= 0.6 is 0 Å². The average molecular weight is 236 g/mol. The van der Waals surface area contributed by atoms with Crippen molar-refractivity contribution >= 4 is 5.91 Å².